The molecule has 0 bridgehead atoms. The van der Waals surface area contributed by atoms with Gasteiger partial charge in [0.05, 0.1) is 0 Å². The minimum atomic E-state index is -2.32. The Balaban J connectivity index is 1.46. The Morgan fingerprint density at radius 2 is 0.795 bits per heavy atom. The van der Waals surface area contributed by atoms with Gasteiger partial charge in [-0.15, -0.1) is 0 Å². The quantitative estimate of drug-likeness (QED) is 0.149. The van der Waals surface area contributed by atoms with Crippen molar-refractivity contribution in [2.75, 3.05) is 13.3 Å². The fourth-order valence-electron chi connectivity index (χ4n) is 6.68. The molecule has 0 heterocycles. The second kappa shape index (κ2) is 10.3. The molecule has 0 aromatic heterocycles. The summed E-state index contributed by atoms with van der Waals surface area (Å²) >= 11 is 0. The van der Waals surface area contributed by atoms with E-state index in [0.717, 1.165) is 16.4 Å². The van der Waals surface area contributed by atoms with E-state index in [1.54, 1.807) is 0 Å². The number of benzene rings is 8. The summed E-state index contributed by atoms with van der Waals surface area (Å²) in [7, 11) is -2.32. The van der Waals surface area contributed by atoms with Gasteiger partial charge in [-0.05, 0) is 108 Å². The molecule has 0 saturated heterocycles. The number of hydrogen-bond donors (Lipinski definition) is 0. The largest absolute Gasteiger partial charge is 0.319 e. The Bertz CT molecular complexity index is 2430. The van der Waals surface area contributed by atoms with Crippen molar-refractivity contribution in [1.29, 1.82) is 0 Å². The molecule has 0 radical (unpaired) electrons. The number of fused-ring (bicyclic) bond motifs is 4. The van der Waals surface area contributed by atoms with Gasteiger partial charge in [0.2, 0.25) is 0 Å². The van der Waals surface area contributed by atoms with Crippen LogP contribution in [-0.2, 0) is 4.57 Å². The van der Waals surface area contributed by atoms with Crippen molar-refractivity contribution in [1.82, 2.24) is 0 Å². The lowest BCUT2D eigenvalue weighted by Crippen LogP contribution is -2.01. The van der Waals surface area contributed by atoms with Crippen LogP contribution in [0.2, 0.25) is 0 Å². The maximum Gasteiger partial charge on any atom is 0.109 e. The lowest BCUT2D eigenvalue weighted by molar-refractivity contribution is 0.588. The number of rotatable bonds is 4. The predicted octanol–water partition coefficient (Wildman–Crippen LogP) is 11.5. The van der Waals surface area contributed by atoms with Crippen molar-refractivity contribution in [2.24, 2.45) is 0 Å². The van der Waals surface area contributed by atoms with Crippen molar-refractivity contribution in [2.45, 2.75) is 0 Å². The fourth-order valence-corrected chi connectivity index (χ4v) is 7.55. The molecule has 210 valence electrons. The minimum Gasteiger partial charge on any atom is -0.319 e. The predicted molar refractivity (Wildman–Crippen MR) is 192 cm³/mol. The van der Waals surface area contributed by atoms with Crippen molar-refractivity contribution in [3.05, 3.63) is 152 Å². The van der Waals surface area contributed by atoms with Gasteiger partial charge in [0.15, 0.2) is 0 Å². The van der Waals surface area contributed by atoms with Crippen LogP contribution in [0.5, 0.6) is 0 Å². The van der Waals surface area contributed by atoms with Crippen LogP contribution < -0.4 is 5.30 Å². The summed E-state index contributed by atoms with van der Waals surface area (Å²) < 4.78 is 12.7. The van der Waals surface area contributed by atoms with Gasteiger partial charge in [-0.25, -0.2) is 0 Å². The Morgan fingerprint density at radius 1 is 0.364 bits per heavy atom. The molecule has 0 atom stereocenters. The van der Waals surface area contributed by atoms with E-state index >= 15 is 0 Å². The van der Waals surface area contributed by atoms with Crippen molar-refractivity contribution in [3.63, 3.8) is 0 Å². The molecule has 0 unspecified atom stereocenters. The molecule has 8 aromatic rings. The fraction of sp³-hybridized carbons (Fsp3) is 0.0476. The topological polar surface area (TPSA) is 17.1 Å². The molecule has 0 aliphatic carbocycles. The molecular formula is C42H31OP. The highest BCUT2D eigenvalue weighted by molar-refractivity contribution is 7.70. The summed E-state index contributed by atoms with van der Waals surface area (Å²) in [5.41, 5.74) is 7.19. The lowest BCUT2D eigenvalue weighted by Gasteiger charge is -2.19. The second-order valence-electron chi connectivity index (χ2n) is 12.1. The van der Waals surface area contributed by atoms with E-state index in [-0.39, 0.29) is 0 Å². The zero-order valence-corrected chi connectivity index (χ0v) is 25.7. The third kappa shape index (κ3) is 4.53. The Hall–Kier alpha value is -4.97. The maximum absolute atomic E-state index is 12.7. The van der Waals surface area contributed by atoms with E-state index in [9.17, 15) is 4.57 Å². The molecule has 0 N–H and O–H groups in total. The van der Waals surface area contributed by atoms with E-state index < -0.39 is 7.14 Å². The van der Waals surface area contributed by atoms with Crippen LogP contribution in [0.4, 0.5) is 0 Å². The monoisotopic (exact) mass is 582 g/mol. The third-order valence-corrected chi connectivity index (χ3v) is 10.5. The zero-order valence-electron chi connectivity index (χ0n) is 24.8. The first-order chi connectivity index (χ1) is 21.4. The van der Waals surface area contributed by atoms with Crippen molar-refractivity contribution < 1.29 is 4.57 Å². The van der Waals surface area contributed by atoms with Crippen molar-refractivity contribution >= 4 is 55.5 Å². The molecule has 1 nitrogen and oxygen atoms in total. The highest BCUT2D eigenvalue weighted by Gasteiger charge is 2.18. The van der Waals surface area contributed by atoms with Gasteiger partial charge in [-0.3, -0.25) is 0 Å². The first kappa shape index (κ1) is 26.6. The molecule has 8 rings (SSSR count). The Morgan fingerprint density at radius 3 is 1.34 bits per heavy atom. The van der Waals surface area contributed by atoms with Gasteiger partial charge in [0.1, 0.15) is 7.14 Å². The molecular weight excluding hydrogens is 551 g/mol. The second-order valence-corrected chi connectivity index (χ2v) is 15.3. The van der Waals surface area contributed by atoms with Crippen LogP contribution in [0.25, 0.3) is 76.5 Å². The summed E-state index contributed by atoms with van der Waals surface area (Å²) in [6, 6.07) is 54.8. The van der Waals surface area contributed by atoms with Crippen LogP contribution in [0, 0.1) is 0 Å². The maximum atomic E-state index is 12.7. The van der Waals surface area contributed by atoms with E-state index in [1.807, 2.05) is 25.5 Å². The van der Waals surface area contributed by atoms with Gasteiger partial charge in [-0.2, -0.15) is 0 Å². The zero-order chi connectivity index (χ0) is 29.8. The van der Waals surface area contributed by atoms with E-state index in [1.165, 1.54) is 65.3 Å². The smallest absolute Gasteiger partial charge is 0.109 e. The molecule has 8 aromatic carbocycles. The molecule has 0 aliphatic rings. The van der Waals surface area contributed by atoms with E-state index in [0.29, 0.717) is 0 Å². The van der Waals surface area contributed by atoms with E-state index in [2.05, 4.69) is 140 Å². The first-order valence-electron chi connectivity index (χ1n) is 15.1. The summed E-state index contributed by atoms with van der Waals surface area (Å²) in [6.45, 7) is 3.65. The minimum absolute atomic E-state index is 0.906. The van der Waals surface area contributed by atoms with Gasteiger partial charge < -0.3 is 4.57 Å². The highest BCUT2D eigenvalue weighted by atomic mass is 31.2. The third-order valence-electron chi connectivity index (χ3n) is 8.92. The normalized spacial score (nSPS) is 12.0. The number of hydrogen-bond acceptors (Lipinski definition) is 1. The summed E-state index contributed by atoms with van der Waals surface area (Å²) in [6.07, 6.45) is 0. The van der Waals surface area contributed by atoms with Crippen molar-refractivity contribution in [3.8, 4) is 33.4 Å². The van der Waals surface area contributed by atoms with Gasteiger partial charge in [0.25, 0.3) is 0 Å². The molecule has 0 amide bonds. The van der Waals surface area contributed by atoms with Gasteiger partial charge in [-0.1, -0.05) is 133 Å². The standard InChI is InChI=1S/C42H31OP/c1-44(2,43)36-22-19-30(20-23-36)33-21-24-39-40(27-33)42(35-18-16-29-10-4-6-12-32(29)26-35)38-14-8-7-13-37(38)41(39)34-17-15-28-9-3-5-11-31(28)25-34/h3-27H,1-2H3. The summed E-state index contributed by atoms with van der Waals surface area (Å²) in [5, 5.41) is 10.8. The molecule has 2 heteroatoms. The van der Waals surface area contributed by atoms with Crippen LogP contribution in [0.15, 0.2) is 152 Å². The molecule has 0 aliphatic heterocycles. The average Bonchev–Trinajstić information content (AvgIpc) is 3.06. The van der Waals surface area contributed by atoms with Gasteiger partial charge in [0, 0.05) is 5.30 Å². The average molecular weight is 583 g/mol. The highest BCUT2D eigenvalue weighted by Crippen LogP contribution is 2.45. The lowest BCUT2D eigenvalue weighted by atomic mass is 9.84. The van der Waals surface area contributed by atoms with Crippen LogP contribution >= 0.6 is 7.14 Å². The molecule has 0 spiro atoms. The van der Waals surface area contributed by atoms with Gasteiger partial charge >= 0.3 is 0 Å². The Kier molecular flexibility index (Phi) is 6.26. The molecule has 44 heavy (non-hydrogen) atoms. The summed E-state index contributed by atoms with van der Waals surface area (Å²) in [4.78, 5) is 0. The van der Waals surface area contributed by atoms with Crippen LogP contribution in [-0.4, -0.2) is 13.3 Å². The SMILES string of the molecule is CP(C)(=O)c1ccc(-c2ccc3c(-c4ccc5ccccc5c4)c4ccccc4c(-c4ccc5ccccc5c4)c3c2)cc1. The van der Waals surface area contributed by atoms with Crippen LogP contribution in [0.3, 0.4) is 0 Å². The van der Waals surface area contributed by atoms with E-state index in [4.69, 9.17) is 0 Å². The van der Waals surface area contributed by atoms with Crippen LogP contribution in [0.1, 0.15) is 0 Å². The Labute approximate surface area is 257 Å². The summed E-state index contributed by atoms with van der Waals surface area (Å²) in [5.74, 6) is 0. The molecule has 0 fully saturated rings. The molecule has 0 saturated carbocycles. The first-order valence-corrected chi connectivity index (χ1v) is 17.7.